The van der Waals surface area contributed by atoms with Gasteiger partial charge in [-0.05, 0) is 30.7 Å². The van der Waals surface area contributed by atoms with E-state index in [1.165, 1.54) is 12.1 Å². The van der Waals surface area contributed by atoms with Crippen molar-refractivity contribution in [1.29, 1.82) is 0 Å². The van der Waals surface area contributed by atoms with Crippen molar-refractivity contribution < 1.29 is 13.7 Å². The fourth-order valence-electron chi connectivity index (χ4n) is 2.97. The summed E-state index contributed by atoms with van der Waals surface area (Å²) in [5.74, 6) is 1.03. The van der Waals surface area contributed by atoms with Crippen molar-refractivity contribution in [3.63, 3.8) is 0 Å². The lowest BCUT2D eigenvalue weighted by atomic mass is 10.0. The van der Waals surface area contributed by atoms with Crippen molar-refractivity contribution in [1.82, 2.24) is 19.7 Å². The zero-order valence-corrected chi connectivity index (χ0v) is 13.7. The third-order valence-electron chi connectivity index (χ3n) is 4.29. The maximum Gasteiger partial charge on any atom is 0.322 e. The van der Waals surface area contributed by atoms with Crippen LogP contribution in [0.1, 0.15) is 24.8 Å². The van der Waals surface area contributed by atoms with Gasteiger partial charge in [-0.15, -0.1) is 0 Å². The van der Waals surface area contributed by atoms with Crippen molar-refractivity contribution in [3.8, 4) is 11.4 Å². The molecule has 1 aliphatic heterocycles. The van der Waals surface area contributed by atoms with Crippen molar-refractivity contribution in [2.75, 3.05) is 11.9 Å². The molecule has 130 valence electrons. The molecule has 4 rings (SSSR count). The third-order valence-corrected chi connectivity index (χ3v) is 4.29. The Morgan fingerprint density at radius 3 is 2.88 bits per heavy atom. The molecular weight excluding hydrogens is 325 g/mol. The van der Waals surface area contributed by atoms with Crippen molar-refractivity contribution in [2.24, 2.45) is 7.05 Å². The Morgan fingerprint density at radius 2 is 2.12 bits per heavy atom. The molecular formula is C17H18FN5O2. The van der Waals surface area contributed by atoms with E-state index in [0.29, 0.717) is 24.0 Å². The Labute approximate surface area is 143 Å². The highest BCUT2D eigenvalue weighted by Crippen LogP contribution is 2.28. The average molecular weight is 343 g/mol. The Balaban J connectivity index is 1.44. The number of nitrogens with zero attached hydrogens (tertiary/aromatic N) is 4. The predicted octanol–water partition coefficient (Wildman–Crippen LogP) is 2.94. The van der Waals surface area contributed by atoms with Crippen molar-refractivity contribution in [3.05, 3.63) is 48.3 Å². The monoisotopic (exact) mass is 343 g/mol. The number of nitrogens with one attached hydrogen (secondary N) is 1. The molecule has 0 aliphatic carbocycles. The maximum absolute atomic E-state index is 13.0. The van der Waals surface area contributed by atoms with Crippen LogP contribution in [0.3, 0.4) is 0 Å². The lowest BCUT2D eigenvalue weighted by Gasteiger charge is -2.29. The standard InChI is InChI=1S/C17H18FN5O2/c1-23-8-7-19-16(23)14-10-13(6-9-24-14)20-17-21-15(22-25-17)11-2-4-12(18)5-3-11/h2-5,7-8,13-14H,6,9-10H2,1H3,(H,20,21,22). The van der Waals surface area contributed by atoms with E-state index in [-0.39, 0.29) is 18.0 Å². The number of imidazole rings is 1. The van der Waals surface area contributed by atoms with E-state index in [9.17, 15) is 4.39 Å². The first-order valence-corrected chi connectivity index (χ1v) is 8.14. The van der Waals surface area contributed by atoms with Gasteiger partial charge in [0.1, 0.15) is 17.7 Å². The highest BCUT2D eigenvalue weighted by molar-refractivity contribution is 5.55. The average Bonchev–Trinajstić information content (AvgIpc) is 3.25. The van der Waals surface area contributed by atoms with Crippen LogP contribution in [0.4, 0.5) is 10.4 Å². The molecule has 3 heterocycles. The van der Waals surface area contributed by atoms with E-state index in [2.05, 4.69) is 20.4 Å². The van der Waals surface area contributed by atoms with E-state index >= 15 is 0 Å². The largest absolute Gasteiger partial charge is 0.370 e. The lowest BCUT2D eigenvalue weighted by molar-refractivity contribution is 0.00255. The summed E-state index contributed by atoms with van der Waals surface area (Å²) in [6, 6.07) is 6.48. The molecule has 1 fully saturated rings. The van der Waals surface area contributed by atoms with Gasteiger partial charge >= 0.3 is 6.01 Å². The maximum atomic E-state index is 13.0. The number of benzene rings is 1. The third kappa shape index (κ3) is 3.39. The Hall–Kier alpha value is -2.74. The van der Waals surface area contributed by atoms with Gasteiger partial charge in [0.25, 0.3) is 0 Å². The Morgan fingerprint density at radius 1 is 1.28 bits per heavy atom. The number of halogens is 1. The lowest BCUT2D eigenvalue weighted by Crippen LogP contribution is -2.31. The van der Waals surface area contributed by atoms with Crippen LogP contribution < -0.4 is 5.32 Å². The van der Waals surface area contributed by atoms with Crippen molar-refractivity contribution in [2.45, 2.75) is 25.0 Å². The molecule has 1 aliphatic rings. The minimum Gasteiger partial charge on any atom is -0.370 e. The molecule has 7 nitrogen and oxygen atoms in total. The highest BCUT2D eigenvalue weighted by atomic mass is 19.1. The van der Waals surface area contributed by atoms with Gasteiger partial charge in [-0.3, -0.25) is 0 Å². The Kier molecular flexibility index (Phi) is 4.19. The first-order valence-electron chi connectivity index (χ1n) is 8.14. The predicted molar refractivity (Wildman–Crippen MR) is 88.2 cm³/mol. The molecule has 1 saturated heterocycles. The molecule has 8 heteroatoms. The van der Waals surface area contributed by atoms with Crippen LogP contribution in [0.2, 0.25) is 0 Å². The molecule has 0 amide bonds. The van der Waals surface area contributed by atoms with Crippen molar-refractivity contribution >= 4 is 6.01 Å². The number of hydrogen-bond donors (Lipinski definition) is 1. The summed E-state index contributed by atoms with van der Waals surface area (Å²) in [6.07, 6.45) is 5.21. The van der Waals surface area contributed by atoms with Crippen LogP contribution in [0.5, 0.6) is 0 Å². The topological polar surface area (TPSA) is 78.0 Å². The second kappa shape index (κ2) is 6.64. The quantitative estimate of drug-likeness (QED) is 0.785. The summed E-state index contributed by atoms with van der Waals surface area (Å²) < 4.78 is 26.1. The van der Waals surface area contributed by atoms with Crippen LogP contribution in [0.25, 0.3) is 11.4 Å². The molecule has 2 unspecified atom stereocenters. The van der Waals surface area contributed by atoms with E-state index in [1.54, 1.807) is 18.3 Å². The number of ether oxygens (including phenoxy) is 1. The number of anilines is 1. The number of hydrogen-bond acceptors (Lipinski definition) is 6. The Bertz CT molecular complexity index is 845. The van der Waals surface area contributed by atoms with Crippen LogP contribution in [-0.2, 0) is 11.8 Å². The van der Waals surface area contributed by atoms with Gasteiger partial charge in [0.05, 0.1) is 0 Å². The zero-order chi connectivity index (χ0) is 17.2. The van der Waals surface area contributed by atoms with E-state index in [1.807, 2.05) is 17.8 Å². The number of rotatable bonds is 4. The fourth-order valence-corrected chi connectivity index (χ4v) is 2.97. The minimum absolute atomic E-state index is 0.0641. The molecule has 2 aromatic heterocycles. The van der Waals surface area contributed by atoms with Gasteiger partial charge in [-0.25, -0.2) is 9.37 Å². The molecule has 1 aromatic carbocycles. The number of aryl methyl sites for hydroxylation is 1. The summed E-state index contributed by atoms with van der Waals surface area (Å²) >= 11 is 0. The van der Waals surface area contributed by atoms with E-state index in [4.69, 9.17) is 9.26 Å². The normalized spacial score (nSPS) is 20.6. The molecule has 0 radical (unpaired) electrons. The molecule has 0 spiro atoms. The highest BCUT2D eigenvalue weighted by Gasteiger charge is 2.27. The van der Waals surface area contributed by atoms with Gasteiger partial charge in [-0.1, -0.05) is 5.16 Å². The van der Waals surface area contributed by atoms with Gasteiger partial charge in [0.2, 0.25) is 5.82 Å². The SMILES string of the molecule is Cn1ccnc1C1CC(Nc2nc(-c3ccc(F)cc3)no2)CCO1. The van der Waals surface area contributed by atoms with Gasteiger partial charge in [-0.2, -0.15) is 4.98 Å². The summed E-state index contributed by atoms with van der Waals surface area (Å²) in [6.45, 7) is 0.633. The first kappa shape index (κ1) is 15.8. The fraction of sp³-hybridized carbons (Fsp3) is 0.353. The van der Waals surface area contributed by atoms with Gasteiger partial charge < -0.3 is 19.1 Å². The summed E-state index contributed by atoms with van der Waals surface area (Å²) in [5.41, 5.74) is 0.705. The smallest absolute Gasteiger partial charge is 0.322 e. The molecule has 1 N–H and O–H groups in total. The molecule has 2 atom stereocenters. The van der Waals surface area contributed by atoms with Crippen LogP contribution in [0, 0.1) is 5.82 Å². The van der Waals surface area contributed by atoms with Crippen LogP contribution in [0.15, 0.2) is 41.2 Å². The van der Waals surface area contributed by atoms with Gasteiger partial charge in [0.15, 0.2) is 0 Å². The number of aromatic nitrogens is 4. The van der Waals surface area contributed by atoms with E-state index < -0.39 is 0 Å². The molecule has 3 aromatic rings. The minimum atomic E-state index is -0.298. The van der Waals surface area contributed by atoms with E-state index in [0.717, 1.165) is 18.7 Å². The van der Waals surface area contributed by atoms with Crippen LogP contribution >= 0.6 is 0 Å². The van der Waals surface area contributed by atoms with Gasteiger partial charge in [0, 0.05) is 44.1 Å². The second-order valence-corrected chi connectivity index (χ2v) is 6.05. The summed E-state index contributed by atoms with van der Waals surface area (Å²) in [4.78, 5) is 8.70. The summed E-state index contributed by atoms with van der Waals surface area (Å²) in [7, 11) is 1.95. The first-order chi connectivity index (χ1) is 12.2. The van der Waals surface area contributed by atoms with Crippen LogP contribution in [-0.4, -0.2) is 32.3 Å². The molecule has 0 saturated carbocycles. The summed E-state index contributed by atoms with van der Waals surface area (Å²) in [5, 5.41) is 7.21. The molecule has 25 heavy (non-hydrogen) atoms. The molecule has 0 bridgehead atoms. The zero-order valence-electron chi connectivity index (χ0n) is 13.7. The second-order valence-electron chi connectivity index (χ2n) is 6.05.